The molecule has 5 rings (SSSR count). The Hall–Kier alpha value is -5.57. The summed E-state index contributed by atoms with van der Waals surface area (Å²) in [4.78, 5) is 64.3. The highest BCUT2D eigenvalue weighted by molar-refractivity contribution is 8.00. The van der Waals surface area contributed by atoms with Crippen molar-refractivity contribution in [1.82, 2.24) is 21.3 Å². The molecule has 0 saturated carbocycles. The summed E-state index contributed by atoms with van der Waals surface area (Å²) in [5, 5.41) is 29.4. The van der Waals surface area contributed by atoms with Gasteiger partial charge in [0.2, 0.25) is 5.91 Å². The van der Waals surface area contributed by atoms with E-state index in [0.717, 1.165) is 36.8 Å². The molecule has 19 nitrogen and oxygen atoms in total. The van der Waals surface area contributed by atoms with Gasteiger partial charge >= 0.3 is 6.03 Å². The average Bonchev–Trinajstić information content (AvgIpc) is 3.80. The molecule has 21 heteroatoms. The summed E-state index contributed by atoms with van der Waals surface area (Å²) < 4.78 is 22.0. The standard InChI is InChI=1S/C39H47N9O10S2/c1-55-32-22-25(6-13-30(32)43-38(51)29-12-7-26(46-47-40)23-34(29)60-28-10-8-27(9-11-28)48(53)54)37(50)42-15-17-57-19-21-58-20-18-56-16-14-41-35(49)5-3-2-4-33-36-31(24-59-33)44-39(52)45-36/h6-13,22-23,31,33,36H,2-5,14-21,24H2,1H3,(H,41,49)(H,42,50)(H,43,51)(H2,44,45,52). The van der Waals surface area contributed by atoms with Gasteiger partial charge in [-0.05, 0) is 60.8 Å². The van der Waals surface area contributed by atoms with Crippen molar-refractivity contribution in [2.24, 2.45) is 5.11 Å². The number of non-ortho nitro benzene ring substituents is 1. The lowest BCUT2D eigenvalue weighted by atomic mass is 10.0. The molecule has 60 heavy (non-hydrogen) atoms. The fourth-order valence-electron chi connectivity index (χ4n) is 6.29. The number of fused-ring (bicyclic) bond motifs is 1. The molecular weight excluding hydrogens is 819 g/mol. The topological polar surface area (TPSA) is 257 Å². The van der Waals surface area contributed by atoms with Crippen molar-refractivity contribution in [3.8, 4) is 5.75 Å². The summed E-state index contributed by atoms with van der Waals surface area (Å²) in [6.45, 7) is 2.72. The van der Waals surface area contributed by atoms with Crippen LogP contribution in [0.4, 0.5) is 21.9 Å². The van der Waals surface area contributed by atoms with Crippen LogP contribution in [-0.2, 0) is 19.0 Å². The van der Waals surface area contributed by atoms with Gasteiger partial charge in [-0.3, -0.25) is 24.5 Å². The van der Waals surface area contributed by atoms with Crippen LogP contribution in [-0.4, -0.2) is 112 Å². The number of nitrogens with zero attached hydrogens (tertiary/aromatic N) is 4. The van der Waals surface area contributed by atoms with E-state index in [1.807, 2.05) is 11.8 Å². The molecule has 2 heterocycles. The van der Waals surface area contributed by atoms with E-state index in [4.69, 9.17) is 24.5 Å². The number of methoxy groups -OCH3 is 1. The molecule has 2 aliphatic rings. The third kappa shape index (κ3) is 14.0. The second-order valence-electron chi connectivity index (χ2n) is 13.4. The predicted octanol–water partition coefficient (Wildman–Crippen LogP) is 5.57. The van der Waals surface area contributed by atoms with Gasteiger partial charge < -0.3 is 45.5 Å². The van der Waals surface area contributed by atoms with Crippen LogP contribution in [0, 0.1) is 10.1 Å². The second-order valence-corrected chi connectivity index (χ2v) is 15.8. The molecule has 0 spiro atoms. The first-order valence-corrected chi connectivity index (χ1v) is 21.1. The average molecular weight is 866 g/mol. The number of nitro groups is 1. The molecule has 2 aliphatic heterocycles. The van der Waals surface area contributed by atoms with Crippen LogP contribution < -0.4 is 31.3 Å². The molecule has 0 radical (unpaired) electrons. The Morgan fingerprint density at radius 2 is 1.65 bits per heavy atom. The molecule has 0 bridgehead atoms. The number of urea groups is 1. The molecule has 5 N–H and O–H groups in total. The Morgan fingerprint density at radius 3 is 2.35 bits per heavy atom. The number of carbonyl (C=O) groups is 4. The Morgan fingerprint density at radius 1 is 0.933 bits per heavy atom. The van der Waals surface area contributed by atoms with E-state index in [9.17, 15) is 29.3 Å². The molecular formula is C39H47N9O10S2. The number of azide groups is 1. The van der Waals surface area contributed by atoms with Crippen molar-refractivity contribution >= 4 is 64.3 Å². The molecule has 3 unspecified atom stereocenters. The highest BCUT2D eigenvalue weighted by Crippen LogP contribution is 2.36. The van der Waals surface area contributed by atoms with Gasteiger partial charge in [0.05, 0.1) is 75.0 Å². The number of nitrogens with one attached hydrogen (secondary N) is 5. The van der Waals surface area contributed by atoms with Crippen molar-refractivity contribution in [3.05, 3.63) is 92.3 Å². The maximum absolute atomic E-state index is 13.5. The van der Waals surface area contributed by atoms with Crippen LogP contribution >= 0.6 is 23.5 Å². The van der Waals surface area contributed by atoms with Crippen LogP contribution in [0.3, 0.4) is 0 Å². The zero-order valence-electron chi connectivity index (χ0n) is 32.9. The smallest absolute Gasteiger partial charge is 0.315 e. The van der Waals surface area contributed by atoms with Crippen molar-refractivity contribution in [3.63, 3.8) is 0 Å². The number of amides is 5. The Bertz CT molecular complexity index is 2020. The third-order valence-electron chi connectivity index (χ3n) is 9.28. The molecule has 3 aromatic rings. The van der Waals surface area contributed by atoms with Gasteiger partial charge in [0, 0.05) is 68.6 Å². The van der Waals surface area contributed by atoms with Gasteiger partial charge in [0.25, 0.3) is 17.5 Å². The number of benzene rings is 3. The summed E-state index contributed by atoms with van der Waals surface area (Å²) in [5.41, 5.74) is 9.95. The molecule has 0 aliphatic carbocycles. The minimum atomic E-state index is -0.508. The molecule has 2 saturated heterocycles. The number of hydrogen-bond donors (Lipinski definition) is 5. The monoisotopic (exact) mass is 865 g/mol. The minimum Gasteiger partial charge on any atom is -0.495 e. The Balaban J connectivity index is 0.919. The summed E-state index contributed by atoms with van der Waals surface area (Å²) >= 11 is 3.04. The number of hydrogen-bond acceptors (Lipinski definition) is 13. The molecule has 320 valence electrons. The van der Waals surface area contributed by atoms with Gasteiger partial charge in [0.1, 0.15) is 5.75 Å². The first-order valence-electron chi connectivity index (χ1n) is 19.2. The van der Waals surface area contributed by atoms with Crippen LogP contribution in [0.2, 0.25) is 0 Å². The Kier molecular flexibility index (Phi) is 18.1. The summed E-state index contributed by atoms with van der Waals surface area (Å²) in [5.74, 6) is 0.298. The lowest BCUT2D eigenvalue weighted by Gasteiger charge is -2.16. The van der Waals surface area contributed by atoms with E-state index in [-0.39, 0.29) is 65.8 Å². The number of carbonyl (C=O) groups excluding carboxylic acids is 4. The number of ether oxygens (including phenoxy) is 4. The van der Waals surface area contributed by atoms with Crippen LogP contribution in [0.5, 0.6) is 5.75 Å². The predicted molar refractivity (Wildman–Crippen MR) is 225 cm³/mol. The zero-order valence-corrected chi connectivity index (χ0v) is 34.5. The first-order chi connectivity index (χ1) is 29.1. The summed E-state index contributed by atoms with van der Waals surface area (Å²) in [6, 6.07) is 15.2. The van der Waals surface area contributed by atoms with E-state index in [1.165, 1.54) is 43.5 Å². The zero-order chi connectivity index (χ0) is 42.7. The van der Waals surface area contributed by atoms with E-state index < -0.39 is 10.8 Å². The van der Waals surface area contributed by atoms with E-state index >= 15 is 0 Å². The molecule has 0 aromatic heterocycles. The number of thioether (sulfide) groups is 1. The van der Waals surface area contributed by atoms with Crippen molar-refractivity contribution in [1.29, 1.82) is 0 Å². The quantitative estimate of drug-likeness (QED) is 0.0133. The third-order valence-corrected chi connectivity index (χ3v) is 11.9. The van der Waals surface area contributed by atoms with Crippen molar-refractivity contribution in [2.45, 2.75) is 52.8 Å². The molecule has 3 aromatic carbocycles. The number of rotatable bonds is 25. The minimum absolute atomic E-state index is 0.00119. The maximum atomic E-state index is 13.5. The SMILES string of the molecule is COc1cc(C(=O)NCCOCCOCCOCCNC(=O)CCCCC2SCC3NC(=O)NC32)ccc1NC(=O)c1ccc(N=[N+]=[N-])cc1Sc1ccc([N+](=O)[O-])cc1. The maximum Gasteiger partial charge on any atom is 0.315 e. The molecule has 5 amide bonds. The van der Waals surface area contributed by atoms with E-state index in [0.29, 0.717) is 72.3 Å². The van der Waals surface area contributed by atoms with Gasteiger partial charge in [0.15, 0.2) is 0 Å². The largest absolute Gasteiger partial charge is 0.495 e. The number of nitro benzene ring substituents is 1. The fourth-order valence-corrected chi connectivity index (χ4v) is 8.81. The number of anilines is 1. The summed E-state index contributed by atoms with van der Waals surface area (Å²) in [7, 11) is 1.41. The van der Waals surface area contributed by atoms with Crippen LogP contribution in [0.15, 0.2) is 75.6 Å². The second kappa shape index (κ2) is 23.9. The van der Waals surface area contributed by atoms with Gasteiger partial charge in [-0.15, -0.1) is 0 Å². The normalized spacial score (nSPS) is 16.5. The van der Waals surface area contributed by atoms with E-state index in [1.54, 1.807) is 24.3 Å². The first kappa shape index (κ1) is 45.5. The van der Waals surface area contributed by atoms with E-state index in [2.05, 4.69) is 36.6 Å². The highest BCUT2D eigenvalue weighted by atomic mass is 32.2. The van der Waals surface area contributed by atoms with Gasteiger partial charge in [-0.2, -0.15) is 11.8 Å². The lowest BCUT2D eigenvalue weighted by Crippen LogP contribution is -2.36. The van der Waals surface area contributed by atoms with Crippen molar-refractivity contribution < 1.29 is 43.0 Å². The number of unbranched alkanes of at least 4 members (excludes halogenated alkanes) is 1. The van der Waals surface area contributed by atoms with Gasteiger partial charge in [-0.25, -0.2) is 4.79 Å². The Labute approximate surface area is 354 Å². The highest BCUT2D eigenvalue weighted by Gasteiger charge is 2.42. The van der Waals surface area contributed by atoms with Crippen molar-refractivity contribution in [2.75, 3.05) is 70.9 Å². The molecule has 3 atom stereocenters. The summed E-state index contributed by atoms with van der Waals surface area (Å²) in [6.07, 6.45) is 3.18. The molecule has 2 fully saturated rings. The lowest BCUT2D eigenvalue weighted by molar-refractivity contribution is -0.384. The van der Waals surface area contributed by atoms with Crippen LogP contribution in [0.1, 0.15) is 46.4 Å². The fraction of sp³-hybridized carbons (Fsp3) is 0.436. The van der Waals surface area contributed by atoms with Gasteiger partial charge in [-0.1, -0.05) is 29.4 Å². The van der Waals surface area contributed by atoms with Crippen LogP contribution in [0.25, 0.3) is 10.4 Å².